The summed E-state index contributed by atoms with van der Waals surface area (Å²) in [5.74, 6) is 0.248. The SMILES string of the molecule is COc1cc(/C=C2\SC(=S)N(c3ccc(C)c(Cl)c3)C2=O)ccc1OCC(=O)Nc1ccc(Cl)cc1. The summed E-state index contributed by atoms with van der Waals surface area (Å²) >= 11 is 18.7. The number of thiocarbonyl (C=S) groups is 1. The Morgan fingerprint density at radius 3 is 2.53 bits per heavy atom. The number of hydrogen-bond donors (Lipinski definition) is 1. The fourth-order valence-electron chi connectivity index (χ4n) is 3.33. The van der Waals surface area contributed by atoms with Gasteiger partial charge in [-0.1, -0.05) is 59.3 Å². The minimum atomic E-state index is -0.330. The number of ether oxygens (including phenoxy) is 2. The molecule has 3 aromatic carbocycles. The molecule has 1 aliphatic heterocycles. The lowest BCUT2D eigenvalue weighted by atomic mass is 10.1. The summed E-state index contributed by atoms with van der Waals surface area (Å²) in [4.78, 5) is 27.3. The van der Waals surface area contributed by atoms with E-state index in [-0.39, 0.29) is 18.4 Å². The third kappa shape index (κ3) is 6.02. The van der Waals surface area contributed by atoms with Crippen molar-refractivity contribution >= 4 is 80.8 Å². The van der Waals surface area contributed by atoms with Gasteiger partial charge >= 0.3 is 0 Å². The highest BCUT2D eigenvalue weighted by molar-refractivity contribution is 8.27. The van der Waals surface area contributed by atoms with E-state index in [1.54, 1.807) is 54.6 Å². The summed E-state index contributed by atoms with van der Waals surface area (Å²) in [5, 5.41) is 3.87. The van der Waals surface area contributed by atoms with Crippen molar-refractivity contribution in [3.63, 3.8) is 0 Å². The Kier molecular flexibility index (Phi) is 8.21. The summed E-state index contributed by atoms with van der Waals surface area (Å²) in [6, 6.07) is 17.3. The molecule has 36 heavy (non-hydrogen) atoms. The van der Waals surface area contributed by atoms with Crippen LogP contribution in [0.2, 0.25) is 10.0 Å². The van der Waals surface area contributed by atoms with Crippen LogP contribution in [0.3, 0.4) is 0 Å². The monoisotopic (exact) mass is 558 g/mol. The number of methoxy groups -OCH3 is 1. The molecular formula is C26H20Cl2N2O4S2. The number of halogens is 2. The fraction of sp³-hybridized carbons (Fsp3) is 0.115. The van der Waals surface area contributed by atoms with Crippen molar-refractivity contribution in [3.05, 3.63) is 86.7 Å². The first-order valence-corrected chi connectivity index (χ1v) is 12.6. The van der Waals surface area contributed by atoms with Crippen LogP contribution in [0.15, 0.2) is 65.6 Å². The van der Waals surface area contributed by atoms with Gasteiger partial charge in [-0.05, 0) is 72.7 Å². The molecule has 184 valence electrons. The normalized spacial score (nSPS) is 14.3. The summed E-state index contributed by atoms with van der Waals surface area (Å²) in [5.41, 5.74) is 2.86. The van der Waals surface area contributed by atoms with Gasteiger partial charge in [0, 0.05) is 15.7 Å². The minimum absolute atomic E-state index is 0.212. The number of carbonyl (C=O) groups is 2. The second-order valence-electron chi connectivity index (χ2n) is 7.70. The first-order valence-electron chi connectivity index (χ1n) is 10.7. The molecular weight excluding hydrogens is 539 g/mol. The van der Waals surface area contributed by atoms with Crippen molar-refractivity contribution in [1.29, 1.82) is 0 Å². The molecule has 1 N–H and O–H groups in total. The first kappa shape index (κ1) is 26.0. The van der Waals surface area contributed by atoms with Crippen LogP contribution in [-0.4, -0.2) is 29.9 Å². The van der Waals surface area contributed by atoms with E-state index in [1.807, 2.05) is 19.1 Å². The Hall–Kier alpha value is -3.04. The molecule has 6 nitrogen and oxygen atoms in total. The van der Waals surface area contributed by atoms with Crippen LogP contribution < -0.4 is 19.7 Å². The van der Waals surface area contributed by atoms with E-state index >= 15 is 0 Å². The van der Waals surface area contributed by atoms with E-state index in [4.69, 9.17) is 44.9 Å². The molecule has 4 rings (SSSR count). The Morgan fingerprint density at radius 1 is 1.08 bits per heavy atom. The lowest BCUT2D eigenvalue weighted by molar-refractivity contribution is -0.118. The van der Waals surface area contributed by atoms with Crippen LogP contribution in [0.25, 0.3) is 6.08 Å². The largest absolute Gasteiger partial charge is 0.493 e. The molecule has 0 aliphatic carbocycles. The van der Waals surface area contributed by atoms with Gasteiger partial charge in [0.05, 0.1) is 17.7 Å². The second kappa shape index (κ2) is 11.3. The van der Waals surface area contributed by atoms with Crippen LogP contribution in [0, 0.1) is 6.92 Å². The maximum Gasteiger partial charge on any atom is 0.270 e. The number of carbonyl (C=O) groups excluding carboxylic acids is 2. The van der Waals surface area contributed by atoms with Crippen molar-refractivity contribution in [2.45, 2.75) is 6.92 Å². The second-order valence-corrected chi connectivity index (χ2v) is 10.2. The van der Waals surface area contributed by atoms with Crippen LogP contribution in [0.1, 0.15) is 11.1 Å². The average molecular weight is 559 g/mol. The maximum absolute atomic E-state index is 13.1. The van der Waals surface area contributed by atoms with Crippen molar-refractivity contribution in [3.8, 4) is 11.5 Å². The summed E-state index contributed by atoms with van der Waals surface area (Å²) in [7, 11) is 1.50. The number of rotatable bonds is 7. The highest BCUT2D eigenvalue weighted by atomic mass is 35.5. The van der Waals surface area contributed by atoms with Gasteiger partial charge in [0.25, 0.3) is 11.8 Å². The van der Waals surface area contributed by atoms with Crippen molar-refractivity contribution in [1.82, 2.24) is 0 Å². The van der Waals surface area contributed by atoms with Crippen LogP contribution in [-0.2, 0) is 9.59 Å². The number of thioether (sulfide) groups is 1. The smallest absolute Gasteiger partial charge is 0.270 e. The summed E-state index contributed by atoms with van der Waals surface area (Å²) in [6.07, 6.45) is 1.73. The van der Waals surface area contributed by atoms with E-state index in [9.17, 15) is 9.59 Å². The number of nitrogens with one attached hydrogen (secondary N) is 1. The molecule has 0 aromatic heterocycles. The van der Waals surface area contributed by atoms with Gasteiger partial charge in [0.1, 0.15) is 0 Å². The van der Waals surface area contributed by atoms with E-state index in [0.29, 0.717) is 47.7 Å². The number of amides is 2. The van der Waals surface area contributed by atoms with Crippen LogP contribution in [0.5, 0.6) is 11.5 Å². The minimum Gasteiger partial charge on any atom is -0.493 e. The number of hydrogen-bond acceptors (Lipinski definition) is 6. The number of aryl methyl sites for hydroxylation is 1. The van der Waals surface area contributed by atoms with E-state index in [0.717, 1.165) is 5.56 Å². The molecule has 1 heterocycles. The quantitative estimate of drug-likeness (QED) is 0.256. The molecule has 0 spiro atoms. The average Bonchev–Trinajstić information content (AvgIpc) is 3.13. The molecule has 0 atom stereocenters. The third-order valence-corrected chi connectivity index (χ3v) is 7.14. The van der Waals surface area contributed by atoms with Gasteiger partial charge in [0.15, 0.2) is 22.4 Å². The van der Waals surface area contributed by atoms with Gasteiger partial charge in [-0.25, -0.2) is 0 Å². The van der Waals surface area contributed by atoms with Crippen molar-refractivity contribution in [2.75, 3.05) is 23.9 Å². The predicted octanol–water partition coefficient (Wildman–Crippen LogP) is 6.73. The molecule has 2 amide bonds. The van der Waals surface area contributed by atoms with E-state index in [2.05, 4.69) is 5.32 Å². The van der Waals surface area contributed by atoms with Gasteiger partial charge in [-0.15, -0.1) is 0 Å². The van der Waals surface area contributed by atoms with E-state index in [1.165, 1.54) is 23.8 Å². The topological polar surface area (TPSA) is 67.9 Å². The highest BCUT2D eigenvalue weighted by Crippen LogP contribution is 2.38. The lowest BCUT2D eigenvalue weighted by Crippen LogP contribution is -2.27. The van der Waals surface area contributed by atoms with Crippen molar-refractivity contribution in [2.24, 2.45) is 0 Å². The number of benzene rings is 3. The summed E-state index contributed by atoms with van der Waals surface area (Å²) in [6.45, 7) is 1.68. The fourth-order valence-corrected chi connectivity index (χ4v) is 4.93. The molecule has 0 radical (unpaired) electrons. The zero-order valence-corrected chi connectivity index (χ0v) is 22.4. The predicted molar refractivity (Wildman–Crippen MR) is 150 cm³/mol. The molecule has 0 saturated carbocycles. The van der Waals surface area contributed by atoms with Gasteiger partial charge in [-0.2, -0.15) is 0 Å². The van der Waals surface area contributed by atoms with Crippen LogP contribution >= 0.6 is 47.2 Å². The maximum atomic E-state index is 13.1. The zero-order chi connectivity index (χ0) is 25.8. The van der Waals surface area contributed by atoms with Crippen LogP contribution in [0.4, 0.5) is 11.4 Å². The van der Waals surface area contributed by atoms with Gasteiger partial charge in [-0.3, -0.25) is 14.5 Å². The Bertz CT molecular complexity index is 1380. The molecule has 10 heteroatoms. The highest BCUT2D eigenvalue weighted by Gasteiger charge is 2.33. The Labute approximate surface area is 228 Å². The molecule has 0 bridgehead atoms. The number of anilines is 2. The Balaban J connectivity index is 1.45. The molecule has 1 aliphatic rings. The zero-order valence-electron chi connectivity index (χ0n) is 19.2. The first-order chi connectivity index (χ1) is 17.2. The standard InChI is InChI=1S/C26H20Cl2N2O4S2/c1-15-3-9-19(13-20(15)28)30-25(32)23(36-26(30)35)12-16-4-10-21(22(11-16)33-2)34-14-24(31)29-18-7-5-17(27)6-8-18/h3-13H,14H2,1-2H3,(H,29,31)/b23-12-. The lowest BCUT2D eigenvalue weighted by Gasteiger charge is -2.15. The molecule has 3 aromatic rings. The van der Waals surface area contributed by atoms with Gasteiger partial charge < -0.3 is 14.8 Å². The Morgan fingerprint density at radius 2 is 1.83 bits per heavy atom. The molecule has 0 unspecified atom stereocenters. The molecule has 1 saturated heterocycles. The van der Waals surface area contributed by atoms with Gasteiger partial charge in [0.2, 0.25) is 0 Å². The summed E-state index contributed by atoms with van der Waals surface area (Å²) < 4.78 is 11.5. The molecule has 1 fully saturated rings. The van der Waals surface area contributed by atoms with E-state index < -0.39 is 0 Å². The van der Waals surface area contributed by atoms with Crippen molar-refractivity contribution < 1.29 is 19.1 Å². The third-order valence-electron chi connectivity index (χ3n) is 5.18. The number of nitrogens with zero attached hydrogens (tertiary/aromatic N) is 1.